The Kier molecular flexibility index (Phi) is 8.26. The van der Waals surface area contributed by atoms with E-state index in [1.807, 2.05) is 0 Å². The number of anilines is 1. The van der Waals surface area contributed by atoms with E-state index in [0.717, 1.165) is 0 Å². The van der Waals surface area contributed by atoms with E-state index in [0.29, 0.717) is 35.7 Å². The van der Waals surface area contributed by atoms with Gasteiger partial charge in [0.25, 0.3) is 5.91 Å². The van der Waals surface area contributed by atoms with Crippen LogP contribution in [0.1, 0.15) is 15.9 Å². The zero-order chi connectivity index (χ0) is 21.2. The van der Waals surface area contributed by atoms with Crippen molar-refractivity contribution in [1.82, 2.24) is 10.5 Å². The van der Waals surface area contributed by atoms with E-state index in [9.17, 15) is 14.7 Å². The maximum atomic E-state index is 12.4. The van der Waals surface area contributed by atoms with Crippen molar-refractivity contribution in [3.05, 3.63) is 59.7 Å². The standard InChI is InChI=1S/C20H24BN3O5/c1-21(28)23-12-11-22-20(27)15-5-3-4-6-16(15)24-19(26)10-8-14-7-9-17(25)18(13-14)29-2/h3-10,13,23,25,28H,11-12H2,1-2H3,(H,22,27)(H,24,26). The molecule has 2 aromatic rings. The SMILES string of the molecule is COc1cc(C=CC(=O)Nc2ccccc2C(=O)NCCNB(C)O)ccc1O. The first-order chi connectivity index (χ1) is 13.9. The molecule has 0 spiro atoms. The third-order valence-corrected chi connectivity index (χ3v) is 3.91. The summed E-state index contributed by atoms with van der Waals surface area (Å²) in [5.41, 5.74) is 1.38. The molecule has 5 N–H and O–H groups in total. The van der Waals surface area contributed by atoms with Crippen LogP contribution in [-0.4, -0.2) is 49.2 Å². The fraction of sp³-hybridized carbons (Fsp3) is 0.200. The highest BCUT2D eigenvalue weighted by Gasteiger charge is 2.12. The fourth-order valence-electron chi connectivity index (χ4n) is 2.49. The Labute approximate surface area is 169 Å². The molecule has 2 aromatic carbocycles. The van der Waals surface area contributed by atoms with Gasteiger partial charge < -0.3 is 30.7 Å². The molecule has 0 heterocycles. The molecule has 8 nitrogen and oxygen atoms in total. The number of carbonyl (C=O) groups excluding carboxylic acids is 2. The molecule has 0 aliphatic carbocycles. The number of hydrogen-bond donors (Lipinski definition) is 5. The maximum Gasteiger partial charge on any atom is 0.373 e. The Morgan fingerprint density at radius 2 is 1.93 bits per heavy atom. The molecule has 0 atom stereocenters. The lowest BCUT2D eigenvalue weighted by Crippen LogP contribution is -2.38. The van der Waals surface area contributed by atoms with Gasteiger partial charge in [0.05, 0.1) is 18.4 Å². The van der Waals surface area contributed by atoms with E-state index >= 15 is 0 Å². The molecule has 152 valence electrons. The third-order valence-electron chi connectivity index (χ3n) is 3.91. The van der Waals surface area contributed by atoms with Crippen molar-refractivity contribution < 1.29 is 24.5 Å². The van der Waals surface area contributed by atoms with Crippen LogP contribution in [-0.2, 0) is 4.79 Å². The molecule has 0 unspecified atom stereocenters. The van der Waals surface area contributed by atoms with Crippen LogP contribution in [0.5, 0.6) is 11.5 Å². The van der Waals surface area contributed by atoms with Gasteiger partial charge in [0.15, 0.2) is 11.5 Å². The maximum absolute atomic E-state index is 12.4. The van der Waals surface area contributed by atoms with Crippen molar-refractivity contribution in [2.75, 3.05) is 25.5 Å². The predicted octanol–water partition coefficient (Wildman–Crippen LogP) is 1.48. The smallest absolute Gasteiger partial charge is 0.373 e. The van der Waals surface area contributed by atoms with Crippen LogP contribution in [0.4, 0.5) is 5.69 Å². The first-order valence-corrected chi connectivity index (χ1v) is 9.05. The molecule has 0 saturated heterocycles. The number of carbonyl (C=O) groups is 2. The monoisotopic (exact) mass is 397 g/mol. The van der Waals surface area contributed by atoms with E-state index in [2.05, 4.69) is 15.9 Å². The van der Waals surface area contributed by atoms with Gasteiger partial charge in [-0.3, -0.25) is 9.59 Å². The molecule has 0 aliphatic heterocycles. The van der Waals surface area contributed by atoms with Gasteiger partial charge in [0, 0.05) is 19.2 Å². The van der Waals surface area contributed by atoms with Crippen molar-refractivity contribution in [3.8, 4) is 11.5 Å². The lowest BCUT2D eigenvalue weighted by atomic mass is 9.89. The van der Waals surface area contributed by atoms with Crippen LogP contribution >= 0.6 is 0 Å². The summed E-state index contributed by atoms with van der Waals surface area (Å²) in [5, 5.41) is 27.0. The molecule has 2 amide bonds. The van der Waals surface area contributed by atoms with Gasteiger partial charge >= 0.3 is 7.05 Å². The minimum Gasteiger partial charge on any atom is -0.504 e. The lowest BCUT2D eigenvalue weighted by molar-refractivity contribution is -0.111. The summed E-state index contributed by atoms with van der Waals surface area (Å²) in [7, 11) is 0.788. The quantitative estimate of drug-likeness (QED) is 0.248. The number of hydrogen-bond acceptors (Lipinski definition) is 6. The molecule has 0 radical (unpaired) electrons. The number of para-hydroxylation sites is 1. The second kappa shape index (κ2) is 10.9. The van der Waals surface area contributed by atoms with Gasteiger partial charge in [-0.25, -0.2) is 0 Å². The topological polar surface area (TPSA) is 120 Å². The van der Waals surface area contributed by atoms with Crippen LogP contribution in [0.2, 0.25) is 6.82 Å². The summed E-state index contributed by atoms with van der Waals surface area (Å²) in [6.07, 6.45) is 2.90. The Morgan fingerprint density at radius 1 is 1.17 bits per heavy atom. The summed E-state index contributed by atoms with van der Waals surface area (Å²) in [6, 6.07) is 11.4. The van der Waals surface area contributed by atoms with E-state index in [1.165, 1.54) is 19.3 Å². The zero-order valence-corrected chi connectivity index (χ0v) is 16.3. The Morgan fingerprint density at radius 3 is 2.66 bits per heavy atom. The summed E-state index contributed by atoms with van der Waals surface area (Å²) < 4.78 is 5.04. The second-order valence-corrected chi connectivity index (χ2v) is 6.19. The summed E-state index contributed by atoms with van der Waals surface area (Å²) >= 11 is 0. The van der Waals surface area contributed by atoms with Gasteiger partial charge in [-0.15, -0.1) is 0 Å². The predicted molar refractivity (Wildman–Crippen MR) is 113 cm³/mol. The molecule has 0 aliphatic rings. The Balaban J connectivity index is 2.00. The van der Waals surface area contributed by atoms with Crippen molar-refractivity contribution in [3.63, 3.8) is 0 Å². The molecule has 2 rings (SSSR count). The first-order valence-electron chi connectivity index (χ1n) is 9.05. The van der Waals surface area contributed by atoms with Crippen LogP contribution in [0.3, 0.4) is 0 Å². The number of amides is 2. The number of benzene rings is 2. The van der Waals surface area contributed by atoms with Crippen LogP contribution in [0, 0.1) is 0 Å². The van der Waals surface area contributed by atoms with Crippen molar-refractivity contribution >= 4 is 30.6 Å². The second-order valence-electron chi connectivity index (χ2n) is 6.19. The van der Waals surface area contributed by atoms with Crippen LogP contribution in [0.15, 0.2) is 48.5 Å². The van der Waals surface area contributed by atoms with Gasteiger partial charge in [-0.05, 0) is 42.7 Å². The van der Waals surface area contributed by atoms with E-state index < -0.39 is 13.0 Å². The van der Waals surface area contributed by atoms with E-state index in [1.54, 1.807) is 49.3 Å². The number of phenols is 1. The average Bonchev–Trinajstić information content (AvgIpc) is 2.70. The highest BCUT2D eigenvalue weighted by molar-refractivity contribution is 6.45. The average molecular weight is 397 g/mol. The van der Waals surface area contributed by atoms with Crippen LogP contribution < -0.4 is 20.6 Å². The largest absolute Gasteiger partial charge is 0.504 e. The van der Waals surface area contributed by atoms with Crippen molar-refractivity contribution in [2.45, 2.75) is 6.82 Å². The lowest BCUT2D eigenvalue weighted by Gasteiger charge is -2.11. The van der Waals surface area contributed by atoms with E-state index in [4.69, 9.17) is 9.76 Å². The fourth-order valence-corrected chi connectivity index (χ4v) is 2.49. The molecule has 0 aromatic heterocycles. The highest BCUT2D eigenvalue weighted by atomic mass is 16.5. The molecule has 0 bridgehead atoms. The van der Waals surface area contributed by atoms with Crippen LogP contribution in [0.25, 0.3) is 6.08 Å². The number of ether oxygens (including phenoxy) is 1. The van der Waals surface area contributed by atoms with Gasteiger partial charge in [-0.2, -0.15) is 0 Å². The summed E-state index contributed by atoms with van der Waals surface area (Å²) in [5.74, 6) is -0.425. The third kappa shape index (κ3) is 6.98. The van der Waals surface area contributed by atoms with Gasteiger partial charge in [0.1, 0.15) is 0 Å². The number of rotatable bonds is 9. The number of nitrogens with one attached hydrogen (secondary N) is 3. The molecule has 0 saturated carbocycles. The molecular weight excluding hydrogens is 373 g/mol. The van der Waals surface area contributed by atoms with E-state index in [-0.39, 0.29) is 11.7 Å². The first kappa shape index (κ1) is 22.0. The van der Waals surface area contributed by atoms with Gasteiger partial charge in [-0.1, -0.05) is 18.2 Å². The molecule has 9 heteroatoms. The van der Waals surface area contributed by atoms with Crippen molar-refractivity contribution in [1.29, 1.82) is 0 Å². The minimum absolute atomic E-state index is 0.0117. The molecule has 29 heavy (non-hydrogen) atoms. The number of phenolic OH excluding ortho intramolecular Hbond substituents is 1. The molecule has 0 fully saturated rings. The number of aromatic hydroxyl groups is 1. The molecular formula is C20H24BN3O5. The van der Waals surface area contributed by atoms with Crippen molar-refractivity contribution in [2.24, 2.45) is 0 Å². The summed E-state index contributed by atoms with van der Waals surface area (Å²) in [4.78, 5) is 24.6. The highest BCUT2D eigenvalue weighted by Crippen LogP contribution is 2.26. The number of methoxy groups -OCH3 is 1. The minimum atomic E-state index is -0.654. The zero-order valence-electron chi connectivity index (χ0n) is 16.3. The Hall–Kier alpha value is -3.30. The Bertz CT molecular complexity index is 886. The van der Waals surface area contributed by atoms with Gasteiger partial charge in [0.2, 0.25) is 5.91 Å². The normalized spacial score (nSPS) is 10.6. The summed E-state index contributed by atoms with van der Waals surface area (Å²) in [6.45, 7) is 2.33.